The molecule has 0 amide bonds. The number of ketones is 1. The molecule has 0 spiro atoms. The van der Waals surface area contributed by atoms with Crippen molar-refractivity contribution < 1.29 is 18.8 Å². The normalized spacial score (nSPS) is 14.9. The number of hydrogen-bond donors (Lipinski definition) is 1. The summed E-state index contributed by atoms with van der Waals surface area (Å²) in [4.78, 5) is 16.6. The Morgan fingerprint density at radius 3 is 2.81 bits per heavy atom. The van der Waals surface area contributed by atoms with Crippen LogP contribution in [-0.2, 0) is 11.2 Å². The highest BCUT2D eigenvalue weighted by molar-refractivity contribution is 6.01. The average molecular weight is 425 g/mol. The summed E-state index contributed by atoms with van der Waals surface area (Å²) in [5, 5.41) is 12.9. The first-order valence-electron chi connectivity index (χ1n) is 10.5. The zero-order chi connectivity index (χ0) is 22.0. The van der Waals surface area contributed by atoms with Crippen LogP contribution in [0.1, 0.15) is 50.2 Å². The maximum atomic E-state index is 13.0. The van der Waals surface area contributed by atoms with Crippen molar-refractivity contribution in [1.29, 1.82) is 0 Å². The van der Waals surface area contributed by atoms with Crippen molar-refractivity contribution in [2.45, 2.75) is 51.4 Å². The molecule has 2 aromatic heterocycles. The molecule has 0 unspecified atom stereocenters. The van der Waals surface area contributed by atoms with Gasteiger partial charge in [0.2, 0.25) is 5.92 Å². The molecule has 0 bridgehead atoms. The number of pyridine rings is 1. The van der Waals surface area contributed by atoms with Crippen molar-refractivity contribution in [3.05, 3.63) is 59.9 Å². The van der Waals surface area contributed by atoms with Gasteiger partial charge in [-0.15, -0.1) is 0 Å². The Morgan fingerprint density at radius 2 is 2.10 bits per heavy atom. The van der Waals surface area contributed by atoms with Gasteiger partial charge in [-0.05, 0) is 55.9 Å². The van der Waals surface area contributed by atoms with Crippen molar-refractivity contribution in [3.63, 3.8) is 0 Å². The number of nitrogens with zero attached hydrogens (tertiary/aromatic N) is 3. The molecule has 4 rings (SSSR count). The number of halogens is 2. The van der Waals surface area contributed by atoms with Gasteiger partial charge in [0.25, 0.3) is 0 Å². The van der Waals surface area contributed by atoms with Crippen LogP contribution in [0, 0.1) is 5.92 Å². The van der Waals surface area contributed by atoms with Gasteiger partial charge in [0.1, 0.15) is 11.4 Å². The third-order valence-corrected chi connectivity index (χ3v) is 5.61. The maximum Gasteiger partial charge on any atom is 0.245 e. The molecule has 31 heavy (non-hydrogen) atoms. The first-order valence-corrected chi connectivity index (χ1v) is 10.5. The summed E-state index contributed by atoms with van der Waals surface area (Å²) >= 11 is 0. The molecule has 0 radical (unpaired) electrons. The van der Waals surface area contributed by atoms with Gasteiger partial charge < -0.3 is 5.21 Å². The van der Waals surface area contributed by atoms with Gasteiger partial charge in [-0.3, -0.25) is 9.20 Å². The molecule has 7 heteroatoms. The minimum Gasteiger partial charge on any atom is -0.411 e. The van der Waals surface area contributed by atoms with E-state index < -0.39 is 12.3 Å². The fraction of sp³-hybridized carbons (Fsp3) is 0.375. The minimum atomic E-state index is -2.83. The molecule has 1 aliphatic rings. The van der Waals surface area contributed by atoms with Crippen LogP contribution >= 0.6 is 0 Å². The SMILES string of the molecule is CC(F)(F)CCC(=O)Cc1cccc(-c2cnc3cc(C(CC4CC4)=NO)ccn23)c1. The fourth-order valence-corrected chi connectivity index (χ4v) is 3.70. The Hall–Kier alpha value is -3.09. The summed E-state index contributed by atoms with van der Waals surface area (Å²) in [6.45, 7) is 0.832. The third kappa shape index (κ3) is 5.34. The number of carbonyl (C=O) groups excluding carboxylic acids is 1. The van der Waals surface area contributed by atoms with Gasteiger partial charge in [-0.2, -0.15) is 0 Å². The lowest BCUT2D eigenvalue weighted by Crippen LogP contribution is -2.13. The summed E-state index contributed by atoms with van der Waals surface area (Å²) < 4.78 is 27.9. The molecular formula is C24H25F2N3O2. The molecule has 1 saturated carbocycles. The number of imidazole rings is 1. The zero-order valence-corrected chi connectivity index (χ0v) is 17.4. The summed E-state index contributed by atoms with van der Waals surface area (Å²) in [5.74, 6) is -2.43. The summed E-state index contributed by atoms with van der Waals surface area (Å²) in [5.41, 5.74) is 4.79. The number of aromatic nitrogens is 2. The Labute approximate surface area is 179 Å². The topological polar surface area (TPSA) is 67.0 Å². The molecule has 0 aliphatic heterocycles. The van der Waals surface area contributed by atoms with E-state index in [1.165, 1.54) is 12.8 Å². The van der Waals surface area contributed by atoms with Gasteiger partial charge >= 0.3 is 0 Å². The van der Waals surface area contributed by atoms with Crippen LogP contribution < -0.4 is 0 Å². The molecule has 0 atom stereocenters. The number of oxime groups is 1. The quantitative estimate of drug-likeness (QED) is 0.279. The minimum absolute atomic E-state index is 0.127. The molecule has 0 saturated heterocycles. The van der Waals surface area contributed by atoms with Crippen LogP contribution in [0.3, 0.4) is 0 Å². The fourth-order valence-electron chi connectivity index (χ4n) is 3.70. The van der Waals surface area contributed by atoms with Crippen molar-refractivity contribution in [2.75, 3.05) is 0 Å². The maximum absolute atomic E-state index is 13.0. The van der Waals surface area contributed by atoms with Crippen LogP contribution in [0.4, 0.5) is 8.78 Å². The number of rotatable bonds is 9. The van der Waals surface area contributed by atoms with E-state index in [-0.39, 0.29) is 18.6 Å². The molecule has 3 aromatic rings. The highest BCUT2D eigenvalue weighted by Crippen LogP contribution is 2.34. The monoisotopic (exact) mass is 425 g/mol. The Morgan fingerprint density at radius 1 is 1.29 bits per heavy atom. The van der Waals surface area contributed by atoms with Gasteiger partial charge in [0.15, 0.2) is 0 Å². The lowest BCUT2D eigenvalue weighted by molar-refractivity contribution is -0.120. The third-order valence-electron chi connectivity index (χ3n) is 5.61. The van der Waals surface area contributed by atoms with E-state index in [0.29, 0.717) is 11.6 Å². The molecular weight excluding hydrogens is 400 g/mol. The molecule has 1 aliphatic carbocycles. The van der Waals surface area contributed by atoms with Crippen LogP contribution in [0.5, 0.6) is 0 Å². The lowest BCUT2D eigenvalue weighted by Gasteiger charge is -2.09. The van der Waals surface area contributed by atoms with E-state index in [1.807, 2.05) is 47.0 Å². The molecule has 162 valence electrons. The number of hydrogen-bond acceptors (Lipinski definition) is 4. The number of alkyl halides is 2. The summed E-state index contributed by atoms with van der Waals surface area (Å²) in [6, 6.07) is 11.3. The molecule has 1 fully saturated rings. The van der Waals surface area contributed by atoms with E-state index in [4.69, 9.17) is 0 Å². The molecule has 1 aromatic carbocycles. The van der Waals surface area contributed by atoms with Crippen molar-refractivity contribution >= 4 is 17.1 Å². The van der Waals surface area contributed by atoms with E-state index in [2.05, 4.69) is 10.1 Å². The highest BCUT2D eigenvalue weighted by atomic mass is 19.3. The standard InChI is InChI=1S/C24H25F2N3O2/c1-24(25,26)9-7-20(30)12-17-3-2-4-19(11-17)22-15-27-23-14-18(8-10-29(22)23)21(28-31)13-16-5-6-16/h2-4,8,10-11,14-16,31H,5-7,9,12-13H2,1H3. The van der Waals surface area contributed by atoms with Gasteiger partial charge in [-0.25, -0.2) is 13.8 Å². The highest BCUT2D eigenvalue weighted by Gasteiger charge is 2.25. The summed E-state index contributed by atoms with van der Waals surface area (Å²) in [7, 11) is 0. The van der Waals surface area contributed by atoms with Crippen LogP contribution in [-0.4, -0.2) is 32.0 Å². The first kappa shape index (κ1) is 21.2. The number of carbonyl (C=O) groups is 1. The Bertz CT molecular complexity index is 1130. The average Bonchev–Trinajstić information content (AvgIpc) is 3.46. The van der Waals surface area contributed by atoms with Crippen molar-refractivity contribution in [3.8, 4) is 11.3 Å². The predicted molar refractivity (Wildman–Crippen MR) is 115 cm³/mol. The Kier molecular flexibility index (Phi) is 5.85. The van der Waals surface area contributed by atoms with Crippen LogP contribution in [0.15, 0.2) is 53.9 Å². The van der Waals surface area contributed by atoms with Gasteiger partial charge in [0.05, 0.1) is 17.6 Å². The van der Waals surface area contributed by atoms with Gasteiger partial charge in [0, 0.05) is 36.6 Å². The van der Waals surface area contributed by atoms with E-state index in [9.17, 15) is 18.8 Å². The lowest BCUT2D eigenvalue weighted by atomic mass is 10.0. The number of benzene rings is 1. The largest absolute Gasteiger partial charge is 0.411 e. The second-order valence-electron chi connectivity index (χ2n) is 8.47. The van der Waals surface area contributed by atoms with Crippen LogP contribution in [0.2, 0.25) is 0 Å². The number of Topliss-reactive ketones (excluding diaryl/α,β-unsaturated/α-hetero) is 1. The zero-order valence-electron chi connectivity index (χ0n) is 17.4. The smallest absolute Gasteiger partial charge is 0.245 e. The Balaban J connectivity index is 1.53. The van der Waals surface area contributed by atoms with E-state index in [1.54, 1.807) is 6.20 Å². The second-order valence-corrected chi connectivity index (χ2v) is 8.47. The van der Waals surface area contributed by atoms with Crippen molar-refractivity contribution in [2.24, 2.45) is 11.1 Å². The second kappa shape index (κ2) is 8.57. The molecule has 5 nitrogen and oxygen atoms in total. The summed E-state index contributed by atoms with van der Waals surface area (Å²) in [6.07, 6.45) is 6.33. The molecule has 2 heterocycles. The molecule has 1 N–H and O–H groups in total. The van der Waals surface area contributed by atoms with Gasteiger partial charge in [-0.1, -0.05) is 23.4 Å². The van der Waals surface area contributed by atoms with E-state index in [0.717, 1.165) is 41.4 Å². The number of fused-ring (bicyclic) bond motifs is 1. The predicted octanol–water partition coefficient (Wildman–Crippen LogP) is 5.53. The first-order chi connectivity index (χ1) is 14.8. The van der Waals surface area contributed by atoms with Crippen LogP contribution in [0.25, 0.3) is 16.9 Å². The van der Waals surface area contributed by atoms with Crippen molar-refractivity contribution in [1.82, 2.24) is 9.38 Å². The van der Waals surface area contributed by atoms with E-state index >= 15 is 0 Å².